The van der Waals surface area contributed by atoms with Crippen molar-refractivity contribution in [1.29, 1.82) is 0 Å². The lowest BCUT2D eigenvalue weighted by Crippen LogP contribution is -2.08. The quantitative estimate of drug-likeness (QED) is 0.891. The topological polar surface area (TPSA) is 66.4 Å². The van der Waals surface area contributed by atoms with Gasteiger partial charge in [-0.2, -0.15) is 0 Å². The predicted molar refractivity (Wildman–Crippen MR) is 87.7 cm³/mol. The van der Waals surface area contributed by atoms with Crippen LogP contribution in [-0.2, 0) is 4.79 Å². The van der Waals surface area contributed by atoms with E-state index in [0.29, 0.717) is 5.69 Å². The van der Waals surface area contributed by atoms with Gasteiger partial charge in [-0.15, -0.1) is 0 Å². The molecule has 0 radical (unpaired) electrons. The second-order valence-electron chi connectivity index (χ2n) is 5.07. The fraction of sp³-hybridized carbons (Fsp3) is 0.176. The number of hydrogen-bond acceptors (Lipinski definition) is 3. The lowest BCUT2D eigenvalue weighted by Gasteiger charge is -2.12. The highest BCUT2D eigenvalue weighted by Gasteiger charge is 2.12. The maximum Gasteiger partial charge on any atom is 0.335 e. The van der Waals surface area contributed by atoms with E-state index in [4.69, 9.17) is 5.11 Å². The van der Waals surface area contributed by atoms with Crippen molar-refractivity contribution in [2.45, 2.75) is 30.6 Å². The first kappa shape index (κ1) is 16.1. The number of aromatic carboxylic acids is 1. The van der Waals surface area contributed by atoms with Gasteiger partial charge in [0.05, 0.1) is 11.3 Å². The van der Waals surface area contributed by atoms with Crippen molar-refractivity contribution in [3.63, 3.8) is 0 Å². The second-order valence-corrected chi connectivity index (χ2v) is 6.15. The van der Waals surface area contributed by atoms with Gasteiger partial charge in [0.2, 0.25) is 5.91 Å². The Balaban J connectivity index is 2.40. The van der Waals surface area contributed by atoms with Crippen molar-refractivity contribution < 1.29 is 14.7 Å². The molecule has 0 aliphatic heterocycles. The van der Waals surface area contributed by atoms with Crippen LogP contribution in [0.2, 0.25) is 0 Å². The van der Waals surface area contributed by atoms with E-state index in [1.165, 1.54) is 30.3 Å². The molecule has 2 aromatic rings. The van der Waals surface area contributed by atoms with E-state index in [9.17, 15) is 9.59 Å². The van der Waals surface area contributed by atoms with Crippen molar-refractivity contribution in [3.05, 3.63) is 53.1 Å². The third kappa shape index (κ3) is 3.89. The lowest BCUT2D eigenvalue weighted by molar-refractivity contribution is -0.114. The summed E-state index contributed by atoms with van der Waals surface area (Å²) < 4.78 is 0. The molecular weight excluding hydrogens is 298 g/mol. The molecule has 1 amide bonds. The van der Waals surface area contributed by atoms with Crippen LogP contribution in [0, 0.1) is 13.8 Å². The fourth-order valence-corrected chi connectivity index (χ4v) is 3.02. The summed E-state index contributed by atoms with van der Waals surface area (Å²) in [6, 6.07) is 10.9. The molecule has 4 nitrogen and oxygen atoms in total. The van der Waals surface area contributed by atoms with Gasteiger partial charge in [-0.25, -0.2) is 4.79 Å². The van der Waals surface area contributed by atoms with Crippen LogP contribution in [0.25, 0.3) is 0 Å². The van der Waals surface area contributed by atoms with Gasteiger partial charge in [0.1, 0.15) is 0 Å². The highest BCUT2D eigenvalue weighted by Crippen LogP contribution is 2.36. The minimum atomic E-state index is -1.02. The number of amides is 1. The Bertz CT molecular complexity index is 741. The van der Waals surface area contributed by atoms with Crippen molar-refractivity contribution >= 4 is 29.3 Å². The lowest BCUT2D eigenvalue weighted by atomic mass is 10.2. The Labute approximate surface area is 133 Å². The zero-order valence-corrected chi connectivity index (χ0v) is 13.5. The third-order valence-electron chi connectivity index (χ3n) is 3.09. The maximum absolute atomic E-state index is 11.3. The Morgan fingerprint density at radius 3 is 2.32 bits per heavy atom. The molecule has 22 heavy (non-hydrogen) atoms. The first-order chi connectivity index (χ1) is 10.4. The van der Waals surface area contributed by atoms with E-state index in [1.807, 2.05) is 26.0 Å². The van der Waals surface area contributed by atoms with Crippen LogP contribution >= 0.6 is 11.8 Å². The molecule has 0 saturated carbocycles. The summed E-state index contributed by atoms with van der Waals surface area (Å²) in [5.41, 5.74) is 2.98. The zero-order valence-electron chi connectivity index (χ0n) is 12.6. The van der Waals surface area contributed by atoms with Gasteiger partial charge in [0.25, 0.3) is 0 Å². The molecule has 0 heterocycles. The molecule has 5 heteroatoms. The number of rotatable bonds is 4. The van der Waals surface area contributed by atoms with Crippen LogP contribution in [-0.4, -0.2) is 17.0 Å². The minimum absolute atomic E-state index is 0.147. The number of hydrogen-bond donors (Lipinski definition) is 2. The molecule has 114 valence electrons. The molecule has 0 fully saturated rings. The zero-order chi connectivity index (χ0) is 16.3. The molecule has 2 aromatic carbocycles. The van der Waals surface area contributed by atoms with Gasteiger partial charge in [-0.05, 0) is 43.7 Å². The summed E-state index contributed by atoms with van der Waals surface area (Å²) in [6.45, 7) is 5.46. The van der Waals surface area contributed by atoms with Crippen LogP contribution in [0.1, 0.15) is 28.4 Å². The molecule has 0 bridgehead atoms. The number of carboxylic acid groups (broad SMARTS) is 1. The average Bonchev–Trinajstić information content (AvgIpc) is 2.42. The smallest absolute Gasteiger partial charge is 0.335 e. The summed E-state index contributed by atoms with van der Waals surface area (Å²) >= 11 is 1.50. The van der Waals surface area contributed by atoms with E-state index in [-0.39, 0.29) is 11.5 Å². The van der Waals surface area contributed by atoms with E-state index < -0.39 is 5.97 Å². The number of benzene rings is 2. The summed E-state index contributed by atoms with van der Waals surface area (Å²) in [7, 11) is 0. The van der Waals surface area contributed by atoms with Crippen LogP contribution < -0.4 is 5.32 Å². The Morgan fingerprint density at radius 2 is 1.73 bits per heavy atom. The van der Waals surface area contributed by atoms with Crippen molar-refractivity contribution in [3.8, 4) is 0 Å². The first-order valence-electron chi connectivity index (χ1n) is 6.77. The number of aryl methyl sites for hydroxylation is 2. The summed E-state index contributed by atoms with van der Waals surface area (Å²) in [4.78, 5) is 24.3. The highest BCUT2D eigenvalue weighted by atomic mass is 32.2. The SMILES string of the molecule is CC(=O)Nc1cc(C(=O)O)ccc1Sc1ccc(C)cc1C. The van der Waals surface area contributed by atoms with E-state index in [1.54, 1.807) is 12.1 Å². The third-order valence-corrected chi connectivity index (χ3v) is 4.34. The van der Waals surface area contributed by atoms with Gasteiger partial charge in [0, 0.05) is 16.7 Å². The van der Waals surface area contributed by atoms with Gasteiger partial charge in [-0.1, -0.05) is 29.5 Å². The minimum Gasteiger partial charge on any atom is -0.478 e. The molecule has 2 rings (SSSR count). The fourth-order valence-electron chi connectivity index (χ4n) is 2.07. The molecule has 0 aromatic heterocycles. The van der Waals surface area contributed by atoms with E-state index in [2.05, 4.69) is 11.4 Å². The van der Waals surface area contributed by atoms with E-state index in [0.717, 1.165) is 15.4 Å². The number of carboxylic acids is 1. The van der Waals surface area contributed by atoms with Crippen LogP contribution in [0.4, 0.5) is 5.69 Å². The molecule has 0 unspecified atom stereocenters. The number of carbonyl (C=O) groups is 2. The molecule has 2 N–H and O–H groups in total. The van der Waals surface area contributed by atoms with Crippen molar-refractivity contribution in [1.82, 2.24) is 0 Å². The Kier molecular flexibility index (Phi) is 4.88. The van der Waals surface area contributed by atoms with Crippen molar-refractivity contribution in [2.24, 2.45) is 0 Å². The average molecular weight is 315 g/mol. The number of nitrogens with one attached hydrogen (secondary N) is 1. The predicted octanol–water partition coefficient (Wildman–Crippen LogP) is 4.11. The summed E-state index contributed by atoms with van der Waals surface area (Å²) in [5.74, 6) is -1.25. The van der Waals surface area contributed by atoms with Crippen LogP contribution in [0.5, 0.6) is 0 Å². The second kappa shape index (κ2) is 6.66. The Morgan fingerprint density at radius 1 is 1.05 bits per heavy atom. The molecular formula is C17H17NO3S. The monoisotopic (exact) mass is 315 g/mol. The molecule has 0 spiro atoms. The van der Waals surface area contributed by atoms with Crippen molar-refractivity contribution in [2.75, 3.05) is 5.32 Å². The van der Waals surface area contributed by atoms with E-state index >= 15 is 0 Å². The van der Waals surface area contributed by atoms with Crippen LogP contribution in [0.3, 0.4) is 0 Å². The molecule has 0 aliphatic carbocycles. The van der Waals surface area contributed by atoms with Crippen LogP contribution in [0.15, 0.2) is 46.2 Å². The molecule has 0 saturated heterocycles. The summed E-state index contributed by atoms with van der Waals surface area (Å²) in [5, 5.41) is 11.8. The molecule has 0 aliphatic rings. The largest absolute Gasteiger partial charge is 0.478 e. The number of carbonyl (C=O) groups excluding carboxylic acids is 1. The van der Waals surface area contributed by atoms with Gasteiger partial charge in [-0.3, -0.25) is 4.79 Å². The van der Waals surface area contributed by atoms with Gasteiger partial charge >= 0.3 is 5.97 Å². The summed E-state index contributed by atoms with van der Waals surface area (Å²) in [6.07, 6.45) is 0. The Hall–Kier alpha value is -2.27. The van der Waals surface area contributed by atoms with Gasteiger partial charge in [0.15, 0.2) is 0 Å². The molecule has 0 atom stereocenters. The first-order valence-corrected chi connectivity index (χ1v) is 7.58. The number of anilines is 1. The highest BCUT2D eigenvalue weighted by molar-refractivity contribution is 7.99. The normalized spacial score (nSPS) is 10.3. The van der Waals surface area contributed by atoms with Gasteiger partial charge < -0.3 is 10.4 Å². The maximum atomic E-state index is 11.3. The standard InChI is InChI=1S/C17H17NO3S/c1-10-4-6-15(11(2)8-10)22-16-7-5-13(17(20)21)9-14(16)18-12(3)19/h4-9H,1-3H3,(H,18,19)(H,20,21).